The van der Waals surface area contributed by atoms with Crippen LogP contribution in [-0.2, 0) is 4.79 Å². The number of benzene rings is 3. The molecule has 0 N–H and O–H groups in total. The molecule has 3 aromatic rings. The van der Waals surface area contributed by atoms with E-state index in [4.69, 9.17) is 4.74 Å². The fourth-order valence-electron chi connectivity index (χ4n) is 4.65. The summed E-state index contributed by atoms with van der Waals surface area (Å²) in [5, 5.41) is 0. The lowest BCUT2D eigenvalue weighted by Gasteiger charge is -2.40. The van der Waals surface area contributed by atoms with Crippen LogP contribution in [0.15, 0.2) is 84.9 Å². The van der Waals surface area contributed by atoms with Gasteiger partial charge < -0.3 is 9.64 Å². The number of carbonyl (C=O) groups excluding carboxylic acids is 1. The lowest BCUT2D eigenvalue weighted by Crippen LogP contribution is -2.52. The van der Waals surface area contributed by atoms with Crippen LogP contribution in [0.5, 0.6) is 5.75 Å². The molecular weight excluding hydrogens is 408 g/mol. The number of para-hydroxylation sites is 1. The average Bonchev–Trinajstić information content (AvgIpc) is 2.86. The molecule has 3 aromatic carbocycles. The number of piperazine rings is 1. The summed E-state index contributed by atoms with van der Waals surface area (Å²) in [4.78, 5) is 17.6. The SMILES string of the molecule is CC(C)c1ccccc1O[C@@H](C)C(=O)N1CCN(C(c2ccccc2)c2ccccc2)CC1. The average molecular weight is 443 g/mol. The van der Waals surface area contributed by atoms with Gasteiger partial charge in [0.15, 0.2) is 6.10 Å². The molecule has 4 nitrogen and oxygen atoms in total. The van der Waals surface area contributed by atoms with E-state index in [1.165, 1.54) is 11.1 Å². The van der Waals surface area contributed by atoms with Gasteiger partial charge in [-0.3, -0.25) is 9.69 Å². The molecule has 1 aliphatic rings. The smallest absolute Gasteiger partial charge is 0.263 e. The number of nitrogens with zero attached hydrogens (tertiary/aromatic N) is 2. The molecule has 1 heterocycles. The normalized spacial score (nSPS) is 15.6. The second-order valence-electron chi connectivity index (χ2n) is 9.04. The first-order valence-corrected chi connectivity index (χ1v) is 11.9. The summed E-state index contributed by atoms with van der Waals surface area (Å²) < 4.78 is 6.13. The fraction of sp³-hybridized carbons (Fsp3) is 0.345. The van der Waals surface area contributed by atoms with Crippen LogP contribution in [0.2, 0.25) is 0 Å². The van der Waals surface area contributed by atoms with Crippen LogP contribution in [0.3, 0.4) is 0 Å². The molecule has 0 radical (unpaired) electrons. The zero-order valence-corrected chi connectivity index (χ0v) is 19.9. The molecular formula is C29H34N2O2. The van der Waals surface area contributed by atoms with Crippen molar-refractivity contribution in [3.8, 4) is 5.75 Å². The quantitative estimate of drug-likeness (QED) is 0.484. The Hall–Kier alpha value is -3.11. The summed E-state index contributed by atoms with van der Waals surface area (Å²) in [6.07, 6.45) is -0.504. The second kappa shape index (κ2) is 10.7. The molecule has 1 fully saturated rings. The predicted octanol–water partition coefficient (Wildman–Crippen LogP) is 5.51. The fourth-order valence-corrected chi connectivity index (χ4v) is 4.65. The maximum atomic E-state index is 13.2. The first-order valence-electron chi connectivity index (χ1n) is 11.9. The largest absolute Gasteiger partial charge is 0.481 e. The number of carbonyl (C=O) groups is 1. The van der Waals surface area contributed by atoms with Crippen molar-refractivity contribution in [1.29, 1.82) is 0 Å². The van der Waals surface area contributed by atoms with E-state index in [0.717, 1.165) is 24.4 Å². The Morgan fingerprint density at radius 2 is 1.24 bits per heavy atom. The molecule has 0 saturated carbocycles. The summed E-state index contributed by atoms with van der Waals surface area (Å²) in [7, 11) is 0. The molecule has 0 bridgehead atoms. The number of hydrogen-bond donors (Lipinski definition) is 0. The lowest BCUT2D eigenvalue weighted by atomic mass is 9.96. The Bertz CT molecular complexity index is 988. The third-order valence-electron chi connectivity index (χ3n) is 6.41. The van der Waals surface area contributed by atoms with Crippen molar-refractivity contribution in [2.24, 2.45) is 0 Å². The van der Waals surface area contributed by atoms with Gasteiger partial charge in [0.2, 0.25) is 0 Å². The van der Waals surface area contributed by atoms with E-state index >= 15 is 0 Å². The molecule has 172 valence electrons. The minimum atomic E-state index is -0.504. The molecule has 1 amide bonds. The number of ether oxygens (including phenoxy) is 1. The van der Waals surface area contributed by atoms with Gasteiger partial charge in [0.25, 0.3) is 5.91 Å². The van der Waals surface area contributed by atoms with Gasteiger partial charge in [-0.1, -0.05) is 92.7 Å². The highest BCUT2D eigenvalue weighted by atomic mass is 16.5. The molecule has 0 unspecified atom stereocenters. The van der Waals surface area contributed by atoms with Crippen molar-refractivity contribution in [3.63, 3.8) is 0 Å². The van der Waals surface area contributed by atoms with Crippen LogP contribution in [0, 0.1) is 0 Å². The molecule has 1 atom stereocenters. The molecule has 1 aliphatic heterocycles. The molecule has 1 saturated heterocycles. The number of amides is 1. The van der Waals surface area contributed by atoms with Crippen LogP contribution < -0.4 is 4.74 Å². The summed E-state index contributed by atoms with van der Waals surface area (Å²) >= 11 is 0. The summed E-state index contributed by atoms with van der Waals surface area (Å²) in [6, 6.07) is 29.5. The Morgan fingerprint density at radius 3 is 1.79 bits per heavy atom. The van der Waals surface area contributed by atoms with Crippen molar-refractivity contribution < 1.29 is 9.53 Å². The minimum Gasteiger partial charge on any atom is -0.481 e. The summed E-state index contributed by atoms with van der Waals surface area (Å²) in [5.41, 5.74) is 3.70. The number of rotatable bonds is 7. The standard InChI is InChI=1S/C29H34N2O2/c1-22(2)26-16-10-11-17-27(26)33-23(3)29(32)31-20-18-30(19-21-31)28(24-12-6-4-7-13-24)25-14-8-5-9-15-25/h4-17,22-23,28H,18-21H2,1-3H3/t23-/m0/s1. The van der Waals surface area contributed by atoms with Gasteiger partial charge in [0.1, 0.15) is 5.75 Å². The third kappa shape index (κ3) is 5.45. The minimum absolute atomic E-state index is 0.0594. The van der Waals surface area contributed by atoms with E-state index < -0.39 is 6.10 Å². The van der Waals surface area contributed by atoms with Crippen molar-refractivity contribution in [3.05, 3.63) is 102 Å². The Morgan fingerprint density at radius 1 is 0.727 bits per heavy atom. The van der Waals surface area contributed by atoms with E-state index in [0.29, 0.717) is 19.0 Å². The van der Waals surface area contributed by atoms with Gasteiger partial charge >= 0.3 is 0 Å². The van der Waals surface area contributed by atoms with E-state index in [1.54, 1.807) is 0 Å². The van der Waals surface area contributed by atoms with Gasteiger partial charge in [-0.05, 0) is 35.6 Å². The van der Waals surface area contributed by atoms with Gasteiger partial charge in [-0.15, -0.1) is 0 Å². The Kier molecular flexibility index (Phi) is 7.46. The molecule has 0 spiro atoms. The molecule has 33 heavy (non-hydrogen) atoms. The lowest BCUT2D eigenvalue weighted by molar-refractivity contribution is -0.140. The topological polar surface area (TPSA) is 32.8 Å². The molecule has 4 rings (SSSR count). The zero-order valence-electron chi connectivity index (χ0n) is 19.9. The van der Waals surface area contributed by atoms with Crippen molar-refractivity contribution in [2.75, 3.05) is 26.2 Å². The van der Waals surface area contributed by atoms with Crippen molar-refractivity contribution in [1.82, 2.24) is 9.80 Å². The van der Waals surface area contributed by atoms with E-state index in [2.05, 4.69) is 85.5 Å². The number of hydrogen-bond acceptors (Lipinski definition) is 3. The van der Waals surface area contributed by atoms with Gasteiger partial charge in [-0.2, -0.15) is 0 Å². The first-order chi connectivity index (χ1) is 16.0. The van der Waals surface area contributed by atoms with Crippen LogP contribution in [0.1, 0.15) is 49.4 Å². The van der Waals surface area contributed by atoms with E-state index in [9.17, 15) is 4.79 Å². The van der Waals surface area contributed by atoms with E-state index in [1.807, 2.05) is 30.0 Å². The highest BCUT2D eigenvalue weighted by molar-refractivity contribution is 5.81. The molecule has 4 heteroatoms. The zero-order chi connectivity index (χ0) is 23.2. The maximum absolute atomic E-state index is 13.2. The van der Waals surface area contributed by atoms with Gasteiger partial charge in [0.05, 0.1) is 6.04 Å². The first kappa shape index (κ1) is 23.1. The van der Waals surface area contributed by atoms with Crippen LogP contribution in [-0.4, -0.2) is 48.0 Å². The van der Waals surface area contributed by atoms with Gasteiger partial charge in [-0.25, -0.2) is 0 Å². The molecule has 0 aromatic heterocycles. The van der Waals surface area contributed by atoms with Crippen LogP contribution in [0.4, 0.5) is 0 Å². The highest BCUT2D eigenvalue weighted by Crippen LogP contribution is 2.30. The Labute approximate surface area is 197 Å². The van der Waals surface area contributed by atoms with Crippen molar-refractivity contribution in [2.45, 2.75) is 38.8 Å². The third-order valence-corrected chi connectivity index (χ3v) is 6.41. The highest BCUT2D eigenvalue weighted by Gasteiger charge is 2.30. The Balaban J connectivity index is 1.43. The summed E-state index contributed by atoms with van der Waals surface area (Å²) in [5.74, 6) is 1.21. The maximum Gasteiger partial charge on any atom is 0.263 e. The predicted molar refractivity (Wildman–Crippen MR) is 134 cm³/mol. The monoisotopic (exact) mass is 442 g/mol. The summed E-state index contributed by atoms with van der Waals surface area (Å²) in [6.45, 7) is 9.21. The van der Waals surface area contributed by atoms with Crippen LogP contribution in [0.25, 0.3) is 0 Å². The van der Waals surface area contributed by atoms with Gasteiger partial charge in [0, 0.05) is 26.2 Å². The van der Waals surface area contributed by atoms with Crippen LogP contribution >= 0.6 is 0 Å². The molecule has 0 aliphatic carbocycles. The van der Waals surface area contributed by atoms with E-state index in [-0.39, 0.29) is 11.9 Å². The van der Waals surface area contributed by atoms with Crippen molar-refractivity contribution >= 4 is 5.91 Å². The second-order valence-corrected chi connectivity index (χ2v) is 9.04.